The average Bonchev–Trinajstić information content (AvgIpc) is 2.28. The van der Waals surface area contributed by atoms with Crippen LogP contribution in [0.15, 0.2) is 22.7 Å². The number of hydrogen-bond donors (Lipinski definition) is 2. The first kappa shape index (κ1) is 14.8. The maximum Gasteiger partial charge on any atom is 0.305 e. The lowest BCUT2D eigenvalue weighted by Crippen LogP contribution is -2.54. The van der Waals surface area contributed by atoms with Gasteiger partial charge in [0.2, 0.25) is 0 Å². The molecule has 0 radical (unpaired) electrons. The van der Waals surface area contributed by atoms with E-state index in [1.165, 1.54) is 0 Å². The fourth-order valence-electron chi connectivity index (χ4n) is 2.22. The van der Waals surface area contributed by atoms with Crippen LogP contribution in [0, 0.1) is 3.57 Å². The van der Waals surface area contributed by atoms with Crippen LogP contribution in [0.25, 0.3) is 0 Å². The van der Waals surface area contributed by atoms with Gasteiger partial charge in [0.25, 0.3) is 5.91 Å². The first-order valence-electron chi connectivity index (χ1n) is 5.91. The number of rotatable bonds is 4. The molecule has 0 aliphatic heterocycles. The van der Waals surface area contributed by atoms with E-state index in [4.69, 9.17) is 5.11 Å². The standard InChI is InChI=1S/C13H13BrINO3/c14-8-2-3-10(15)9(6-8)12(19)16-13(4-1-5-13)7-11(17)18/h2-3,6H,1,4-5,7H2,(H,16,19)(H,17,18). The van der Waals surface area contributed by atoms with E-state index < -0.39 is 11.5 Å². The Hall–Kier alpha value is -0.630. The smallest absolute Gasteiger partial charge is 0.305 e. The molecule has 0 unspecified atom stereocenters. The Morgan fingerprint density at radius 3 is 2.63 bits per heavy atom. The highest BCUT2D eigenvalue weighted by molar-refractivity contribution is 14.1. The van der Waals surface area contributed by atoms with Crippen LogP contribution >= 0.6 is 38.5 Å². The molecule has 19 heavy (non-hydrogen) atoms. The number of carbonyl (C=O) groups excluding carboxylic acids is 1. The van der Waals surface area contributed by atoms with Gasteiger partial charge in [-0.05, 0) is 60.1 Å². The van der Waals surface area contributed by atoms with Crippen LogP contribution in [-0.4, -0.2) is 22.5 Å². The summed E-state index contributed by atoms with van der Waals surface area (Å²) in [5.74, 6) is -1.07. The van der Waals surface area contributed by atoms with E-state index in [1.807, 2.05) is 12.1 Å². The van der Waals surface area contributed by atoms with Gasteiger partial charge in [0, 0.05) is 8.04 Å². The molecule has 1 aliphatic rings. The summed E-state index contributed by atoms with van der Waals surface area (Å²) in [5, 5.41) is 11.8. The highest BCUT2D eigenvalue weighted by Crippen LogP contribution is 2.35. The van der Waals surface area contributed by atoms with Gasteiger partial charge in [-0.1, -0.05) is 15.9 Å². The Balaban J connectivity index is 2.16. The predicted molar refractivity (Wildman–Crippen MR) is 83.2 cm³/mol. The summed E-state index contributed by atoms with van der Waals surface area (Å²) in [6.45, 7) is 0. The highest BCUT2D eigenvalue weighted by Gasteiger charge is 2.40. The second-order valence-corrected chi connectivity index (χ2v) is 6.86. The molecule has 1 amide bonds. The van der Waals surface area contributed by atoms with Gasteiger partial charge in [-0.2, -0.15) is 0 Å². The number of hydrogen-bond acceptors (Lipinski definition) is 2. The van der Waals surface area contributed by atoms with Crippen molar-refractivity contribution in [1.82, 2.24) is 5.32 Å². The third kappa shape index (κ3) is 3.47. The van der Waals surface area contributed by atoms with Gasteiger partial charge in [-0.25, -0.2) is 0 Å². The van der Waals surface area contributed by atoms with Crippen molar-refractivity contribution in [3.63, 3.8) is 0 Å². The summed E-state index contributed by atoms with van der Waals surface area (Å²) in [6, 6.07) is 5.48. The van der Waals surface area contributed by atoms with Crippen LogP contribution in [0.2, 0.25) is 0 Å². The van der Waals surface area contributed by atoms with E-state index in [0.717, 1.165) is 27.3 Å². The van der Waals surface area contributed by atoms with E-state index in [-0.39, 0.29) is 12.3 Å². The average molecular weight is 438 g/mol. The predicted octanol–water partition coefficient (Wildman–Crippen LogP) is 3.18. The Bertz CT molecular complexity index is 529. The number of amides is 1. The topological polar surface area (TPSA) is 66.4 Å². The summed E-state index contributed by atoms with van der Waals surface area (Å²) >= 11 is 5.44. The van der Waals surface area contributed by atoms with E-state index in [9.17, 15) is 9.59 Å². The number of halogens is 2. The van der Waals surface area contributed by atoms with Crippen molar-refractivity contribution in [2.75, 3.05) is 0 Å². The first-order chi connectivity index (χ1) is 8.92. The Morgan fingerprint density at radius 1 is 1.42 bits per heavy atom. The molecular weight excluding hydrogens is 425 g/mol. The molecule has 2 rings (SSSR count). The minimum Gasteiger partial charge on any atom is -0.481 e. The zero-order valence-electron chi connectivity index (χ0n) is 10.1. The molecule has 0 aromatic heterocycles. The number of carbonyl (C=O) groups is 2. The van der Waals surface area contributed by atoms with E-state index in [1.54, 1.807) is 6.07 Å². The fraction of sp³-hybridized carbons (Fsp3) is 0.385. The van der Waals surface area contributed by atoms with E-state index >= 15 is 0 Å². The number of carboxylic acid groups (broad SMARTS) is 1. The fourth-order valence-corrected chi connectivity index (χ4v) is 3.16. The molecule has 2 N–H and O–H groups in total. The summed E-state index contributed by atoms with van der Waals surface area (Å²) in [7, 11) is 0. The third-order valence-electron chi connectivity index (χ3n) is 3.35. The molecule has 1 fully saturated rings. The molecular formula is C13H13BrINO3. The molecule has 0 heterocycles. The van der Waals surface area contributed by atoms with Gasteiger partial charge in [-0.15, -0.1) is 0 Å². The molecule has 0 atom stereocenters. The Labute approximate surface area is 133 Å². The lowest BCUT2D eigenvalue weighted by Gasteiger charge is -2.41. The lowest BCUT2D eigenvalue weighted by molar-refractivity contribution is -0.139. The minimum absolute atomic E-state index is 0.0106. The van der Waals surface area contributed by atoms with Crippen LogP contribution in [0.5, 0.6) is 0 Å². The van der Waals surface area contributed by atoms with Crippen LogP contribution < -0.4 is 5.32 Å². The van der Waals surface area contributed by atoms with Crippen molar-refractivity contribution in [2.24, 2.45) is 0 Å². The number of carboxylic acids is 1. The molecule has 6 heteroatoms. The maximum absolute atomic E-state index is 12.3. The van der Waals surface area contributed by atoms with Gasteiger partial charge < -0.3 is 10.4 Å². The summed E-state index contributed by atoms with van der Waals surface area (Å²) in [6.07, 6.45) is 2.41. The lowest BCUT2D eigenvalue weighted by atomic mass is 9.74. The van der Waals surface area contributed by atoms with Gasteiger partial charge in [0.1, 0.15) is 0 Å². The SMILES string of the molecule is O=C(O)CC1(NC(=O)c2cc(Br)ccc2I)CCC1. The van der Waals surface area contributed by atoms with Crippen molar-refractivity contribution in [2.45, 2.75) is 31.2 Å². The van der Waals surface area contributed by atoms with Crippen molar-refractivity contribution in [3.05, 3.63) is 31.8 Å². The molecule has 1 saturated carbocycles. The van der Waals surface area contributed by atoms with Gasteiger partial charge in [0.15, 0.2) is 0 Å². The number of benzene rings is 1. The van der Waals surface area contributed by atoms with E-state index in [2.05, 4.69) is 43.8 Å². The van der Waals surface area contributed by atoms with Gasteiger partial charge in [0.05, 0.1) is 17.5 Å². The summed E-state index contributed by atoms with van der Waals surface area (Å²) < 4.78 is 1.68. The Morgan fingerprint density at radius 2 is 2.11 bits per heavy atom. The molecule has 1 aromatic rings. The minimum atomic E-state index is -0.871. The number of aliphatic carboxylic acids is 1. The first-order valence-corrected chi connectivity index (χ1v) is 7.78. The van der Waals surface area contributed by atoms with Crippen LogP contribution in [0.4, 0.5) is 0 Å². The third-order valence-corrected chi connectivity index (χ3v) is 4.79. The van der Waals surface area contributed by atoms with Gasteiger partial charge >= 0.3 is 5.97 Å². The van der Waals surface area contributed by atoms with Gasteiger partial charge in [-0.3, -0.25) is 9.59 Å². The molecule has 0 spiro atoms. The monoisotopic (exact) mass is 437 g/mol. The summed E-state index contributed by atoms with van der Waals surface area (Å²) in [5.41, 5.74) is 0.0144. The van der Waals surface area contributed by atoms with Crippen molar-refractivity contribution < 1.29 is 14.7 Å². The number of nitrogens with one attached hydrogen (secondary N) is 1. The normalized spacial score (nSPS) is 16.5. The largest absolute Gasteiger partial charge is 0.481 e. The van der Waals surface area contributed by atoms with Crippen molar-refractivity contribution >= 4 is 50.4 Å². The van der Waals surface area contributed by atoms with Crippen LogP contribution in [0.1, 0.15) is 36.0 Å². The molecule has 0 saturated heterocycles. The maximum atomic E-state index is 12.3. The van der Waals surface area contributed by atoms with Crippen molar-refractivity contribution in [1.29, 1.82) is 0 Å². The molecule has 0 bridgehead atoms. The van der Waals surface area contributed by atoms with Crippen LogP contribution in [-0.2, 0) is 4.79 Å². The van der Waals surface area contributed by atoms with E-state index in [0.29, 0.717) is 5.56 Å². The van der Waals surface area contributed by atoms with Crippen LogP contribution in [0.3, 0.4) is 0 Å². The molecule has 1 aromatic carbocycles. The quantitative estimate of drug-likeness (QED) is 0.711. The second-order valence-electron chi connectivity index (χ2n) is 4.78. The molecule has 4 nitrogen and oxygen atoms in total. The zero-order chi connectivity index (χ0) is 14.0. The van der Waals surface area contributed by atoms with Crippen molar-refractivity contribution in [3.8, 4) is 0 Å². The summed E-state index contributed by atoms with van der Waals surface area (Å²) in [4.78, 5) is 23.2. The Kier molecular flexibility index (Phi) is 4.50. The molecule has 1 aliphatic carbocycles. The zero-order valence-corrected chi connectivity index (χ0v) is 13.8. The highest BCUT2D eigenvalue weighted by atomic mass is 127. The second kappa shape index (κ2) is 5.78. The molecule has 102 valence electrons.